The monoisotopic (exact) mass is 391 g/mol. The number of para-hydroxylation sites is 2. The molecule has 2 heterocycles. The smallest absolute Gasteiger partial charge is 0.251 e. The Bertz CT molecular complexity index is 958. The minimum Gasteiger partial charge on any atom is -0.440 e. The van der Waals surface area contributed by atoms with Crippen LogP contribution in [0.5, 0.6) is 0 Å². The number of benzene rings is 2. The minimum absolute atomic E-state index is 0.0712. The Labute approximate surface area is 169 Å². The second-order valence-electron chi connectivity index (χ2n) is 7.62. The fourth-order valence-corrected chi connectivity index (χ4v) is 3.78. The molecule has 6 heteroatoms. The number of hydrogen-bond donors (Lipinski definition) is 1. The van der Waals surface area contributed by atoms with E-state index in [1.54, 1.807) is 12.1 Å². The van der Waals surface area contributed by atoms with Gasteiger partial charge < -0.3 is 14.6 Å². The van der Waals surface area contributed by atoms with Gasteiger partial charge in [-0.05, 0) is 44.0 Å². The van der Waals surface area contributed by atoms with Gasteiger partial charge in [-0.2, -0.15) is 0 Å². The average Bonchev–Trinajstić information content (AvgIpc) is 3.18. The second-order valence-corrected chi connectivity index (χ2v) is 7.62. The van der Waals surface area contributed by atoms with Crippen LogP contribution < -0.4 is 5.32 Å². The van der Waals surface area contributed by atoms with Crippen LogP contribution in [0.1, 0.15) is 48.4 Å². The van der Waals surface area contributed by atoms with Gasteiger partial charge in [0.15, 0.2) is 11.5 Å². The highest BCUT2D eigenvalue weighted by molar-refractivity contribution is 5.94. The Balaban J connectivity index is 1.28. The van der Waals surface area contributed by atoms with Crippen LogP contribution in [0, 0.1) is 0 Å². The number of amides is 2. The highest BCUT2D eigenvalue weighted by atomic mass is 16.3. The molecule has 1 aliphatic rings. The first-order chi connectivity index (χ1) is 14.1. The summed E-state index contributed by atoms with van der Waals surface area (Å²) in [4.78, 5) is 31.4. The first-order valence-electron chi connectivity index (χ1n) is 10.1. The second kappa shape index (κ2) is 8.47. The number of likely N-dealkylation sites (tertiary alicyclic amines) is 1. The third-order valence-corrected chi connectivity index (χ3v) is 5.40. The first kappa shape index (κ1) is 19.2. The summed E-state index contributed by atoms with van der Waals surface area (Å²) in [6.07, 6.45) is 1.97. The molecule has 150 valence electrons. The molecule has 1 fully saturated rings. The van der Waals surface area contributed by atoms with Gasteiger partial charge in [0.25, 0.3) is 5.91 Å². The number of piperidine rings is 1. The molecule has 0 bridgehead atoms. The highest BCUT2D eigenvalue weighted by Crippen LogP contribution is 2.30. The quantitative estimate of drug-likeness (QED) is 0.719. The molecule has 3 aromatic rings. The molecule has 1 aromatic heterocycles. The van der Waals surface area contributed by atoms with Gasteiger partial charge in [-0.25, -0.2) is 4.98 Å². The molecule has 1 N–H and O–H groups in total. The summed E-state index contributed by atoms with van der Waals surface area (Å²) in [7, 11) is 0. The van der Waals surface area contributed by atoms with Crippen LogP contribution >= 0.6 is 0 Å². The molecule has 1 unspecified atom stereocenters. The van der Waals surface area contributed by atoms with Gasteiger partial charge >= 0.3 is 0 Å². The number of hydrogen-bond acceptors (Lipinski definition) is 4. The van der Waals surface area contributed by atoms with Crippen LogP contribution in [0.15, 0.2) is 59.0 Å². The summed E-state index contributed by atoms with van der Waals surface area (Å²) in [6.45, 7) is 3.23. The molecule has 6 nitrogen and oxygen atoms in total. The lowest BCUT2D eigenvalue weighted by atomic mass is 9.96. The summed E-state index contributed by atoms with van der Waals surface area (Å²) in [5.41, 5.74) is 2.29. The molecule has 1 aliphatic heterocycles. The lowest BCUT2D eigenvalue weighted by molar-refractivity contribution is -0.132. The minimum atomic E-state index is -0.218. The van der Waals surface area contributed by atoms with Crippen molar-refractivity contribution in [1.82, 2.24) is 15.2 Å². The number of aromatic nitrogens is 1. The van der Waals surface area contributed by atoms with E-state index in [0.717, 1.165) is 29.8 Å². The summed E-state index contributed by atoms with van der Waals surface area (Å²) < 4.78 is 5.89. The fourth-order valence-electron chi connectivity index (χ4n) is 3.78. The van der Waals surface area contributed by atoms with Crippen LogP contribution in [0.4, 0.5) is 0 Å². The molecule has 1 atom stereocenters. The van der Waals surface area contributed by atoms with Crippen LogP contribution in [-0.4, -0.2) is 40.8 Å². The predicted octanol–water partition coefficient (Wildman–Crippen LogP) is 3.74. The maximum Gasteiger partial charge on any atom is 0.251 e. The van der Waals surface area contributed by atoms with Gasteiger partial charge in [0, 0.05) is 37.0 Å². The molecule has 29 heavy (non-hydrogen) atoms. The molecular formula is C23H25N3O3. The van der Waals surface area contributed by atoms with Crippen LogP contribution in [0.25, 0.3) is 11.1 Å². The molecule has 0 saturated carbocycles. The number of nitrogens with one attached hydrogen (secondary N) is 1. The van der Waals surface area contributed by atoms with Gasteiger partial charge in [0.2, 0.25) is 5.91 Å². The maximum absolute atomic E-state index is 12.6. The summed E-state index contributed by atoms with van der Waals surface area (Å²) in [6, 6.07) is 16.6. The van der Waals surface area contributed by atoms with E-state index < -0.39 is 0 Å². The standard InChI is InChI=1S/C23H25N3O3/c1-16(24-22(28)17-7-3-2-4-8-17)15-21(27)26-13-11-18(12-14-26)23-25-19-9-5-6-10-20(19)29-23/h2-10,16,18H,11-15H2,1H3,(H,24,28). The number of carbonyl (C=O) groups excluding carboxylic acids is 2. The van der Waals surface area contributed by atoms with Gasteiger partial charge in [0.1, 0.15) is 5.52 Å². The van der Waals surface area contributed by atoms with E-state index in [2.05, 4.69) is 10.3 Å². The van der Waals surface area contributed by atoms with Crippen molar-refractivity contribution in [2.24, 2.45) is 0 Å². The van der Waals surface area contributed by atoms with Crippen molar-refractivity contribution in [2.75, 3.05) is 13.1 Å². The van der Waals surface area contributed by atoms with Crippen molar-refractivity contribution in [3.8, 4) is 0 Å². The van der Waals surface area contributed by atoms with E-state index >= 15 is 0 Å². The Hall–Kier alpha value is -3.15. The van der Waals surface area contributed by atoms with Crippen molar-refractivity contribution in [1.29, 1.82) is 0 Å². The molecular weight excluding hydrogens is 366 g/mol. The van der Waals surface area contributed by atoms with Crippen molar-refractivity contribution >= 4 is 22.9 Å². The van der Waals surface area contributed by atoms with Crippen molar-refractivity contribution < 1.29 is 14.0 Å². The predicted molar refractivity (Wildman–Crippen MR) is 111 cm³/mol. The van der Waals surface area contributed by atoms with E-state index in [1.807, 2.05) is 54.3 Å². The number of carbonyl (C=O) groups is 2. The van der Waals surface area contributed by atoms with Gasteiger partial charge in [0.05, 0.1) is 0 Å². The van der Waals surface area contributed by atoms with Gasteiger partial charge in [-0.3, -0.25) is 9.59 Å². The number of oxazole rings is 1. The Morgan fingerprint density at radius 1 is 1.10 bits per heavy atom. The largest absolute Gasteiger partial charge is 0.440 e. The maximum atomic E-state index is 12.6. The van der Waals surface area contributed by atoms with E-state index in [1.165, 1.54) is 0 Å². The van der Waals surface area contributed by atoms with Crippen LogP contribution in [0.2, 0.25) is 0 Å². The Morgan fingerprint density at radius 2 is 1.79 bits per heavy atom. The average molecular weight is 391 g/mol. The number of nitrogens with zero attached hydrogens (tertiary/aromatic N) is 2. The van der Waals surface area contributed by atoms with E-state index in [4.69, 9.17) is 4.42 Å². The topological polar surface area (TPSA) is 75.4 Å². The third-order valence-electron chi connectivity index (χ3n) is 5.40. The first-order valence-corrected chi connectivity index (χ1v) is 10.1. The van der Waals surface area contributed by atoms with E-state index in [9.17, 15) is 9.59 Å². The zero-order valence-corrected chi connectivity index (χ0v) is 16.5. The molecule has 2 aromatic carbocycles. The molecule has 0 aliphatic carbocycles. The highest BCUT2D eigenvalue weighted by Gasteiger charge is 2.27. The summed E-state index contributed by atoms with van der Waals surface area (Å²) >= 11 is 0. The van der Waals surface area contributed by atoms with Crippen molar-refractivity contribution in [3.63, 3.8) is 0 Å². The van der Waals surface area contributed by atoms with E-state index in [-0.39, 0.29) is 23.8 Å². The summed E-state index contributed by atoms with van der Waals surface area (Å²) in [5.74, 6) is 0.922. The third kappa shape index (κ3) is 4.47. The Kier molecular flexibility index (Phi) is 5.60. The lowest BCUT2D eigenvalue weighted by Gasteiger charge is -2.31. The summed E-state index contributed by atoms with van der Waals surface area (Å²) in [5, 5.41) is 2.90. The number of fused-ring (bicyclic) bond motifs is 1. The van der Waals surface area contributed by atoms with Crippen LogP contribution in [0.3, 0.4) is 0 Å². The Morgan fingerprint density at radius 3 is 2.52 bits per heavy atom. The van der Waals surface area contributed by atoms with E-state index in [0.29, 0.717) is 25.1 Å². The fraction of sp³-hybridized carbons (Fsp3) is 0.348. The van der Waals surface area contributed by atoms with Crippen molar-refractivity contribution in [2.45, 2.75) is 38.1 Å². The normalized spacial score (nSPS) is 16.0. The van der Waals surface area contributed by atoms with Crippen LogP contribution in [-0.2, 0) is 4.79 Å². The van der Waals surface area contributed by atoms with Gasteiger partial charge in [-0.1, -0.05) is 30.3 Å². The number of rotatable bonds is 5. The van der Waals surface area contributed by atoms with Gasteiger partial charge in [-0.15, -0.1) is 0 Å². The zero-order valence-electron chi connectivity index (χ0n) is 16.5. The molecule has 0 spiro atoms. The lowest BCUT2D eigenvalue weighted by Crippen LogP contribution is -2.42. The van der Waals surface area contributed by atoms with Crippen molar-refractivity contribution in [3.05, 3.63) is 66.1 Å². The molecule has 1 saturated heterocycles. The SMILES string of the molecule is CC(CC(=O)N1CCC(c2nc3ccccc3o2)CC1)NC(=O)c1ccccc1. The molecule has 2 amide bonds. The molecule has 4 rings (SSSR count). The zero-order chi connectivity index (χ0) is 20.2. The molecule has 0 radical (unpaired) electrons.